The number of carboxylic acids is 2. The van der Waals surface area contributed by atoms with Crippen molar-refractivity contribution in [1.29, 1.82) is 0 Å². The van der Waals surface area contributed by atoms with Crippen LogP contribution < -0.4 is 22.5 Å². The van der Waals surface area contributed by atoms with Crippen LogP contribution in [0.5, 0.6) is 0 Å². The van der Waals surface area contributed by atoms with Crippen molar-refractivity contribution in [2.75, 3.05) is 0 Å². The standard InChI is InChI=1S/C8H6O4.2Cr.2H3N.2H2O.5O/c9-7(10)5-3-1-2-4-6(5)8(11)12;;;;;;;;;;;/h1-4H,(H,9,10)(H,11,12);;;2*1H3;2*1H2;;;;;/q;2*+1;;;;;;;;;/p-2. The Morgan fingerprint density at radius 2 is 1.09 bits per heavy atom. The average molecular weight is 418 g/mol. The molecule has 0 aliphatic heterocycles. The maximum absolute atomic E-state index is 10.3. The third kappa shape index (κ3) is 12.5. The first-order valence-corrected chi connectivity index (χ1v) is 8.77. The van der Waals surface area contributed by atoms with Crippen LogP contribution in [0.15, 0.2) is 24.3 Å². The summed E-state index contributed by atoms with van der Waals surface area (Å²) in [4.78, 5) is 20.6. The molecule has 0 heterocycles. The number of carboxylic acid groups (broad SMARTS) is 2. The monoisotopic (exact) mass is 418 g/mol. The SMILES string of the molecule is O=C([O-])c1ccccc1C(=O)[O-].[NH4+].[NH4+].[O]=[Cr](=[O])([OH])[O][Cr](=[O])(=[O])[OH]. The molecule has 1 aromatic carbocycles. The number of carbonyl (C=O) groups is 2. The summed E-state index contributed by atoms with van der Waals surface area (Å²) in [6, 6.07) is 5.14. The summed E-state index contributed by atoms with van der Waals surface area (Å²) in [5.74, 6) is -3.04. The second-order valence-corrected chi connectivity index (χ2v) is 6.80. The number of hydrogen-bond donors (Lipinski definition) is 4. The quantitative estimate of drug-likeness (QED) is 0.396. The van der Waals surface area contributed by atoms with Gasteiger partial charge in [0.15, 0.2) is 0 Å². The molecule has 0 amide bonds. The van der Waals surface area contributed by atoms with Crippen LogP contribution in [0.4, 0.5) is 0 Å². The summed E-state index contributed by atoms with van der Waals surface area (Å²) in [5.41, 5.74) is -0.727. The van der Waals surface area contributed by atoms with E-state index in [4.69, 9.17) is 8.32 Å². The summed E-state index contributed by atoms with van der Waals surface area (Å²) in [6.07, 6.45) is 0. The van der Waals surface area contributed by atoms with Gasteiger partial charge in [0.2, 0.25) is 0 Å². The molecule has 13 nitrogen and oxygen atoms in total. The molecule has 0 aliphatic carbocycles. The summed E-state index contributed by atoms with van der Waals surface area (Å²) >= 11 is -11.5. The molecule has 0 saturated carbocycles. The van der Waals surface area contributed by atoms with E-state index in [0.717, 1.165) is 12.1 Å². The number of hydrogen-bond acceptors (Lipinski definition) is 9. The van der Waals surface area contributed by atoms with Crippen molar-refractivity contribution in [3.05, 3.63) is 35.4 Å². The van der Waals surface area contributed by atoms with Gasteiger partial charge in [-0.25, -0.2) is 0 Å². The van der Waals surface area contributed by atoms with Crippen LogP contribution in [0, 0.1) is 0 Å². The molecule has 0 atom stereocenters. The number of rotatable bonds is 4. The van der Waals surface area contributed by atoms with E-state index in [1.165, 1.54) is 12.1 Å². The van der Waals surface area contributed by atoms with Crippen molar-refractivity contribution >= 4 is 11.9 Å². The third-order valence-corrected chi connectivity index (χ3v) is 4.29. The van der Waals surface area contributed by atoms with Gasteiger partial charge in [-0.05, 0) is 0 Å². The first-order valence-electron chi connectivity index (χ1n) is 4.51. The Labute approximate surface area is 133 Å². The molecular formula is C8H14Cr2N2O11. The summed E-state index contributed by atoms with van der Waals surface area (Å²) in [7, 11) is 0. The van der Waals surface area contributed by atoms with E-state index < -0.39 is 39.2 Å². The predicted octanol–water partition coefficient (Wildman–Crippen LogP) is -2.50. The topological polar surface area (TPSA) is 271 Å². The Morgan fingerprint density at radius 1 is 0.826 bits per heavy atom. The van der Waals surface area contributed by atoms with Crippen molar-refractivity contribution < 1.29 is 73.4 Å². The first-order chi connectivity index (χ1) is 9.33. The second-order valence-electron chi connectivity index (χ2n) is 3.04. The van der Waals surface area contributed by atoms with Gasteiger partial charge >= 0.3 is 53.6 Å². The molecule has 15 heteroatoms. The van der Waals surface area contributed by atoms with Gasteiger partial charge in [0.05, 0.1) is 11.9 Å². The van der Waals surface area contributed by atoms with E-state index in [0.29, 0.717) is 0 Å². The fraction of sp³-hybridized carbons (Fsp3) is 0. The van der Waals surface area contributed by atoms with Gasteiger partial charge in [-0.15, -0.1) is 0 Å². The summed E-state index contributed by atoms with van der Waals surface area (Å²) < 4.78 is 56.3. The fourth-order valence-corrected chi connectivity index (χ4v) is 2.69. The van der Waals surface area contributed by atoms with Gasteiger partial charge in [-0.1, -0.05) is 24.3 Å². The zero-order chi connectivity index (χ0) is 16.8. The van der Waals surface area contributed by atoms with Gasteiger partial charge in [0.1, 0.15) is 0 Å². The second kappa shape index (κ2) is 10.1. The Balaban J connectivity index is -0.000000332. The Bertz CT molecular complexity index is 678. The average Bonchev–Trinajstić information content (AvgIpc) is 2.24. The molecule has 0 bridgehead atoms. The summed E-state index contributed by atoms with van der Waals surface area (Å²) in [5, 5.41) is 20.6. The number of quaternary nitrogens is 2. The molecule has 0 fully saturated rings. The van der Waals surface area contributed by atoms with Gasteiger partial charge in [-0.3, -0.25) is 0 Å². The molecule has 23 heavy (non-hydrogen) atoms. The van der Waals surface area contributed by atoms with Crippen LogP contribution in [0.25, 0.3) is 0 Å². The molecule has 0 unspecified atom stereocenters. The minimum absolute atomic E-state index is 0. The Kier molecular flexibility index (Phi) is 11.5. The van der Waals surface area contributed by atoms with Crippen LogP contribution in [0.3, 0.4) is 0 Å². The number of benzene rings is 1. The van der Waals surface area contributed by atoms with Gasteiger partial charge < -0.3 is 32.1 Å². The first kappa shape index (κ1) is 26.1. The van der Waals surface area contributed by atoms with E-state index in [1.54, 1.807) is 0 Å². The molecule has 1 rings (SSSR count). The Hall–Kier alpha value is -1.78. The number of aromatic carboxylic acids is 2. The van der Waals surface area contributed by atoms with E-state index in [2.05, 4.69) is 2.84 Å². The van der Waals surface area contributed by atoms with E-state index in [-0.39, 0.29) is 23.4 Å². The normalized spacial score (nSPS) is 10.2. The molecule has 10 N–H and O–H groups in total. The minimum atomic E-state index is -5.76. The van der Waals surface area contributed by atoms with Gasteiger partial charge in [-0.2, -0.15) is 0 Å². The fourth-order valence-electron chi connectivity index (χ4n) is 0.948. The van der Waals surface area contributed by atoms with Crippen molar-refractivity contribution in [1.82, 2.24) is 12.3 Å². The molecular weight excluding hydrogens is 404 g/mol. The van der Waals surface area contributed by atoms with Gasteiger partial charge in [0.25, 0.3) is 0 Å². The van der Waals surface area contributed by atoms with Gasteiger partial charge in [0, 0.05) is 11.1 Å². The van der Waals surface area contributed by atoms with Crippen LogP contribution in [0.2, 0.25) is 0 Å². The number of carbonyl (C=O) groups excluding carboxylic acids is 2. The zero-order valence-electron chi connectivity index (χ0n) is 11.7. The zero-order valence-corrected chi connectivity index (χ0v) is 14.2. The van der Waals surface area contributed by atoms with Crippen LogP contribution >= 0.6 is 0 Å². The molecule has 1 aromatic rings. The predicted molar refractivity (Wildman–Crippen MR) is 55.3 cm³/mol. The molecule has 0 aliphatic rings. The van der Waals surface area contributed by atoms with Crippen LogP contribution in [0.1, 0.15) is 20.7 Å². The van der Waals surface area contributed by atoms with Crippen molar-refractivity contribution in [3.63, 3.8) is 0 Å². The molecule has 0 saturated heterocycles. The molecule has 0 aromatic heterocycles. The third-order valence-electron chi connectivity index (χ3n) is 1.54. The van der Waals surface area contributed by atoms with E-state index in [9.17, 15) is 35.0 Å². The molecule has 134 valence electrons. The molecule has 0 radical (unpaired) electrons. The summed E-state index contributed by atoms with van der Waals surface area (Å²) in [6.45, 7) is 0. The Morgan fingerprint density at radius 3 is 1.22 bits per heavy atom. The van der Waals surface area contributed by atoms with Crippen molar-refractivity contribution in [2.24, 2.45) is 0 Å². The van der Waals surface area contributed by atoms with Crippen LogP contribution in [-0.4, -0.2) is 20.3 Å². The van der Waals surface area contributed by atoms with Crippen molar-refractivity contribution in [2.45, 2.75) is 0 Å². The maximum atomic E-state index is 10.3. The van der Waals surface area contributed by atoms with Crippen LogP contribution in [-0.2, 0) is 45.3 Å². The molecule has 0 spiro atoms. The van der Waals surface area contributed by atoms with E-state index >= 15 is 0 Å². The van der Waals surface area contributed by atoms with E-state index in [1.807, 2.05) is 0 Å². The van der Waals surface area contributed by atoms with Crippen molar-refractivity contribution in [3.8, 4) is 0 Å².